The maximum Gasteiger partial charge on any atom is 0.157 e. The topological polar surface area (TPSA) is 42.2 Å². The first-order valence-corrected chi connectivity index (χ1v) is 9.50. The van der Waals surface area contributed by atoms with Crippen molar-refractivity contribution in [3.8, 4) is 6.07 Å². The standard InChI is InChI=1S/C19H35NO2/c1-2-3-4-5-6-7-8-9-10-13-18(15-16-20)22-19-14-11-12-17-21-19/h18-19H,2-15,17H2,1H3/t18?,19-/m1/s1. The molecule has 1 heterocycles. The molecule has 0 aromatic rings. The number of nitrogens with zero attached hydrogens (tertiary/aromatic N) is 1. The van der Waals surface area contributed by atoms with E-state index in [2.05, 4.69) is 13.0 Å². The van der Waals surface area contributed by atoms with E-state index in [9.17, 15) is 0 Å². The summed E-state index contributed by atoms with van der Waals surface area (Å²) < 4.78 is 11.6. The van der Waals surface area contributed by atoms with Crippen molar-refractivity contribution in [2.24, 2.45) is 0 Å². The molecule has 1 fully saturated rings. The maximum absolute atomic E-state index is 8.94. The van der Waals surface area contributed by atoms with E-state index in [1.54, 1.807) is 0 Å². The lowest BCUT2D eigenvalue weighted by Crippen LogP contribution is -2.27. The van der Waals surface area contributed by atoms with Gasteiger partial charge in [-0.3, -0.25) is 0 Å². The van der Waals surface area contributed by atoms with Crippen LogP contribution in [0.3, 0.4) is 0 Å². The lowest BCUT2D eigenvalue weighted by Gasteiger charge is -2.26. The summed E-state index contributed by atoms with van der Waals surface area (Å²) in [6.07, 6.45) is 16.8. The van der Waals surface area contributed by atoms with E-state index in [1.807, 2.05) is 0 Å². The first kappa shape index (κ1) is 19.5. The van der Waals surface area contributed by atoms with Gasteiger partial charge in [-0.05, 0) is 25.7 Å². The molecule has 1 saturated heterocycles. The third kappa shape index (κ3) is 10.2. The van der Waals surface area contributed by atoms with Crippen LogP contribution in [0.2, 0.25) is 0 Å². The van der Waals surface area contributed by atoms with E-state index in [1.165, 1.54) is 64.2 Å². The molecule has 0 aromatic carbocycles. The quantitative estimate of drug-likeness (QED) is 0.408. The minimum absolute atomic E-state index is 0.0642. The molecule has 2 atom stereocenters. The summed E-state index contributed by atoms with van der Waals surface area (Å²) in [5.74, 6) is 0. The fraction of sp³-hybridized carbons (Fsp3) is 0.947. The smallest absolute Gasteiger partial charge is 0.157 e. The van der Waals surface area contributed by atoms with Crippen LogP contribution >= 0.6 is 0 Å². The van der Waals surface area contributed by atoms with E-state index in [0.29, 0.717) is 6.42 Å². The number of hydrogen-bond acceptors (Lipinski definition) is 3. The summed E-state index contributed by atoms with van der Waals surface area (Å²) in [5.41, 5.74) is 0. The highest BCUT2D eigenvalue weighted by atomic mass is 16.7. The van der Waals surface area contributed by atoms with Crippen LogP contribution in [0.4, 0.5) is 0 Å². The Balaban J connectivity index is 2.00. The normalized spacial score (nSPS) is 19.7. The van der Waals surface area contributed by atoms with Crippen LogP contribution in [-0.4, -0.2) is 19.0 Å². The number of ether oxygens (including phenoxy) is 2. The predicted molar refractivity (Wildman–Crippen MR) is 90.5 cm³/mol. The second-order valence-electron chi connectivity index (χ2n) is 6.53. The van der Waals surface area contributed by atoms with E-state index in [0.717, 1.165) is 25.9 Å². The van der Waals surface area contributed by atoms with Crippen molar-refractivity contribution in [2.75, 3.05) is 6.61 Å². The second-order valence-corrected chi connectivity index (χ2v) is 6.53. The van der Waals surface area contributed by atoms with E-state index in [-0.39, 0.29) is 12.4 Å². The summed E-state index contributed by atoms with van der Waals surface area (Å²) in [6, 6.07) is 2.26. The van der Waals surface area contributed by atoms with Gasteiger partial charge in [-0.15, -0.1) is 0 Å². The van der Waals surface area contributed by atoms with Crippen molar-refractivity contribution in [1.29, 1.82) is 5.26 Å². The Morgan fingerprint density at radius 1 is 1.05 bits per heavy atom. The van der Waals surface area contributed by atoms with Crippen molar-refractivity contribution in [3.05, 3.63) is 0 Å². The Bertz CT molecular complexity index is 282. The molecule has 0 aliphatic carbocycles. The average molecular weight is 309 g/mol. The molecular formula is C19H35NO2. The second kappa shape index (κ2) is 14.0. The first-order valence-electron chi connectivity index (χ1n) is 9.50. The van der Waals surface area contributed by atoms with Crippen LogP contribution in [-0.2, 0) is 9.47 Å². The zero-order valence-corrected chi connectivity index (χ0v) is 14.5. The Kier molecular flexibility index (Phi) is 12.4. The van der Waals surface area contributed by atoms with Crippen LogP contribution < -0.4 is 0 Å². The Morgan fingerprint density at radius 3 is 2.32 bits per heavy atom. The van der Waals surface area contributed by atoms with Gasteiger partial charge in [-0.2, -0.15) is 5.26 Å². The minimum Gasteiger partial charge on any atom is -0.353 e. The lowest BCUT2D eigenvalue weighted by atomic mass is 10.0. The van der Waals surface area contributed by atoms with Crippen LogP contribution in [0.5, 0.6) is 0 Å². The number of unbranched alkanes of at least 4 members (excludes halogenated alkanes) is 8. The van der Waals surface area contributed by atoms with Crippen LogP contribution in [0.1, 0.15) is 96.8 Å². The van der Waals surface area contributed by atoms with Gasteiger partial charge in [0.1, 0.15) is 0 Å². The number of rotatable bonds is 13. The molecule has 0 N–H and O–H groups in total. The third-order valence-corrected chi connectivity index (χ3v) is 4.43. The summed E-state index contributed by atoms with van der Waals surface area (Å²) in [7, 11) is 0. The fourth-order valence-corrected chi connectivity index (χ4v) is 3.04. The largest absolute Gasteiger partial charge is 0.353 e. The molecule has 0 bridgehead atoms. The van der Waals surface area contributed by atoms with Crippen LogP contribution in [0, 0.1) is 11.3 Å². The number of hydrogen-bond donors (Lipinski definition) is 0. The molecule has 3 heteroatoms. The molecule has 1 rings (SSSR count). The SMILES string of the molecule is CCCCCCCCCCCC(CC#N)O[C@@H]1CCCCO1. The first-order chi connectivity index (χ1) is 10.9. The van der Waals surface area contributed by atoms with E-state index < -0.39 is 0 Å². The molecule has 0 saturated carbocycles. The summed E-state index contributed by atoms with van der Waals surface area (Å²) in [5, 5.41) is 8.94. The molecule has 22 heavy (non-hydrogen) atoms. The van der Waals surface area contributed by atoms with E-state index in [4.69, 9.17) is 14.7 Å². The van der Waals surface area contributed by atoms with Gasteiger partial charge in [0.2, 0.25) is 0 Å². The predicted octanol–water partition coefficient (Wildman–Crippen LogP) is 5.73. The van der Waals surface area contributed by atoms with Gasteiger partial charge in [0.25, 0.3) is 0 Å². The van der Waals surface area contributed by atoms with Gasteiger partial charge in [-0.25, -0.2) is 0 Å². The molecule has 0 aromatic heterocycles. The van der Waals surface area contributed by atoms with Gasteiger partial charge in [0.15, 0.2) is 6.29 Å². The summed E-state index contributed by atoms with van der Waals surface area (Å²) in [4.78, 5) is 0. The van der Waals surface area contributed by atoms with Crippen molar-refractivity contribution in [1.82, 2.24) is 0 Å². The number of nitriles is 1. The third-order valence-electron chi connectivity index (χ3n) is 4.43. The zero-order valence-electron chi connectivity index (χ0n) is 14.5. The molecule has 128 valence electrons. The highest BCUT2D eigenvalue weighted by molar-refractivity contribution is 4.77. The molecule has 0 spiro atoms. The Morgan fingerprint density at radius 2 is 1.73 bits per heavy atom. The lowest BCUT2D eigenvalue weighted by molar-refractivity contribution is -0.188. The molecule has 1 aliphatic rings. The molecule has 0 radical (unpaired) electrons. The van der Waals surface area contributed by atoms with Gasteiger partial charge in [0, 0.05) is 6.61 Å². The van der Waals surface area contributed by atoms with Crippen molar-refractivity contribution < 1.29 is 9.47 Å². The fourth-order valence-electron chi connectivity index (χ4n) is 3.04. The van der Waals surface area contributed by atoms with Gasteiger partial charge >= 0.3 is 0 Å². The van der Waals surface area contributed by atoms with Gasteiger partial charge < -0.3 is 9.47 Å². The highest BCUT2D eigenvalue weighted by Crippen LogP contribution is 2.20. The Hall–Kier alpha value is -0.590. The molecular weight excluding hydrogens is 274 g/mol. The van der Waals surface area contributed by atoms with Gasteiger partial charge in [0.05, 0.1) is 18.6 Å². The molecule has 3 nitrogen and oxygen atoms in total. The minimum atomic E-state index is -0.0642. The highest BCUT2D eigenvalue weighted by Gasteiger charge is 2.19. The average Bonchev–Trinajstić information content (AvgIpc) is 2.54. The summed E-state index contributed by atoms with van der Waals surface area (Å²) in [6.45, 7) is 3.07. The monoisotopic (exact) mass is 309 g/mol. The Labute approximate surface area is 137 Å². The molecule has 1 aliphatic heterocycles. The summed E-state index contributed by atoms with van der Waals surface area (Å²) >= 11 is 0. The van der Waals surface area contributed by atoms with Crippen LogP contribution in [0.15, 0.2) is 0 Å². The molecule has 1 unspecified atom stereocenters. The van der Waals surface area contributed by atoms with Gasteiger partial charge in [-0.1, -0.05) is 64.7 Å². The van der Waals surface area contributed by atoms with Crippen molar-refractivity contribution in [2.45, 2.75) is 109 Å². The van der Waals surface area contributed by atoms with Crippen molar-refractivity contribution in [3.63, 3.8) is 0 Å². The zero-order chi connectivity index (χ0) is 15.9. The van der Waals surface area contributed by atoms with E-state index >= 15 is 0 Å². The molecule has 0 amide bonds. The van der Waals surface area contributed by atoms with Crippen molar-refractivity contribution >= 4 is 0 Å². The van der Waals surface area contributed by atoms with Crippen LogP contribution in [0.25, 0.3) is 0 Å². The maximum atomic E-state index is 8.94.